The van der Waals surface area contributed by atoms with Crippen molar-refractivity contribution < 1.29 is 42.7 Å². The highest BCUT2D eigenvalue weighted by atomic mass is 31.2. The average Bonchev–Trinajstić information content (AvgIpc) is 3.13. The number of carbonyl (C=O) groups is 2. The van der Waals surface area contributed by atoms with E-state index < -0.39 is 45.1 Å². The molecule has 3 atom stereocenters. The molecule has 316 valence electrons. The monoisotopic (exact) mass is 778 g/mol. The van der Waals surface area contributed by atoms with Crippen molar-refractivity contribution in [2.45, 2.75) is 231 Å². The second kappa shape index (κ2) is 39.2. The average molecular weight is 778 g/mol. The standard InChI is InChI=1S/C42H84NO9P/c1-3-5-7-9-11-13-15-17-18-19-20-21-22-23-25-27-29-31-33-35-49-36-39(37-50-53(47,48)51-38-40(43)42(45)46)52-41(44)34-32-30-28-26-24-16-14-12-10-8-6-4-2/h39-40H,3-38,43H2,1-2H3,(H,45,46)(H,47,48). The van der Waals surface area contributed by atoms with Gasteiger partial charge < -0.3 is 25.2 Å². The maximum Gasteiger partial charge on any atom is 0.472 e. The van der Waals surface area contributed by atoms with Crippen LogP contribution in [0.4, 0.5) is 0 Å². The quantitative estimate of drug-likeness (QED) is 0.0309. The van der Waals surface area contributed by atoms with E-state index in [1.165, 1.54) is 161 Å². The summed E-state index contributed by atoms with van der Waals surface area (Å²) in [5.41, 5.74) is 5.35. The number of phosphoric ester groups is 1. The normalized spacial score (nSPS) is 13.9. The highest BCUT2D eigenvalue weighted by molar-refractivity contribution is 7.47. The lowest BCUT2D eigenvalue weighted by molar-refractivity contribution is -0.154. The molecule has 3 unspecified atom stereocenters. The van der Waals surface area contributed by atoms with Crippen LogP contribution in [0.5, 0.6) is 0 Å². The summed E-state index contributed by atoms with van der Waals surface area (Å²) in [6.45, 7) is 3.92. The lowest BCUT2D eigenvalue weighted by Gasteiger charge is -2.20. The maximum absolute atomic E-state index is 12.6. The molecule has 0 bridgehead atoms. The first kappa shape index (κ1) is 52.0. The number of carboxylic acid groups (broad SMARTS) is 1. The zero-order valence-electron chi connectivity index (χ0n) is 34.4. The number of esters is 1. The molecule has 0 amide bonds. The van der Waals surface area contributed by atoms with E-state index in [9.17, 15) is 19.0 Å². The number of nitrogens with two attached hydrogens (primary N) is 1. The molecule has 0 aliphatic heterocycles. The summed E-state index contributed by atoms with van der Waals surface area (Å²) < 4.78 is 33.3. The Balaban J connectivity index is 4.13. The van der Waals surface area contributed by atoms with Crippen molar-refractivity contribution in [2.24, 2.45) is 5.73 Å². The summed E-state index contributed by atoms with van der Waals surface area (Å²) in [4.78, 5) is 33.5. The second-order valence-electron chi connectivity index (χ2n) is 15.2. The van der Waals surface area contributed by atoms with E-state index >= 15 is 0 Å². The number of hydrogen-bond donors (Lipinski definition) is 3. The lowest BCUT2D eigenvalue weighted by Crippen LogP contribution is -2.34. The smallest absolute Gasteiger partial charge is 0.472 e. The Bertz CT molecular complexity index is 862. The van der Waals surface area contributed by atoms with Crippen LogP contribution >= 0.6 is 7.82 Å². The lowest BCUT2D eigenvalue weighted by atomic mass is 10.0. The van der Waals surface area contributed by atoms with E-state index in [2.05, 4.69) is 13.8 Å². The van der Waals surface area contributed by atoms with Gasteiger partial charge in [-0.3, -0.25) is 18.6 Å². The van der Waals surface area contributed by atoms with Gasteiger partial charge in [0.05, 0.1) is 19.8 Å². The third-order valence-electron chi connectivity index (χ3n) is 9.89. The Morgan fingerprint density at radius 3 is 1.25 bits per heavy atom. The molecule has 0 aliphatic rings. The van der Waals surface area contributed by atoms with E-state index in [1.807, 2.05) is 0 Å². The minimum absolute atomic E-state index is 0.0257. The molecule has 0 saturated carbocycles. The fourth-order valence-electron chi connectivity index (χ4n) is 6.43. The molecule has 0 aromatic heterocycles. The molecule has 53 heavy (non-hydrogen) atoms. The highest BCUT2D eigenvalue weighted by Gasteiger charge is 2.27. The zero-order valence-corrected chi connectivity index (χ0v) is 35.3. The first-order valence-electron chi connectivity index (χ1n) is 22.1. The number of phosphoric acid groups is 1. The summed E-state index contributed by atoms with van der Waals surface area (Å²) >= 11 is 0. The van der Waals surface area contributed by atoms with Crippen molar-refractivity contribution in [1.82, 2.24) is 0 Å². The largest absolute Gasteiger partial charge is 0.480 e. The number of aliphatic carboxylic acids is 1. The molecule has 4 N–H and O–H groups in total. The van der Waals surface area contributed by atoms with Crippen LogP contribution in [0.1, 0.15) is 219 Å². The van der Waals surface area contributed by atoms with Crippen molar-refractivity contribution >= 4 is 19.8 Å². The van der Waals surface area contributed by atoms with Gasteiger partial charge in [0, 0.05) is 13.0 Å². The molecular formula is C42H84NO9P. The number of unbranched alkanes of at least 4 members (excludes halogenated alkanes) is 29. The molecule has 0 aromatic carbocycles. The summed E-state index contributed by atoms with van der Waals surface area (Å²) in [6, 6.07) is -1.47. The SMILES string of the molecule is CCCCCCCCCCCCCCCCCCCCCOCC(COP(=O)(O)OCC(N)C(=O)O)OC(=O)CCCCCCCCCCCCCC. The Hall–Kier alpha value is -1.03. The predicted octanol–water partition coefficient (Wildman–Crippen LogP) is 12.0. The van der Waals surface area contributed by atoms with Crippen molar-refractivity contribution in [3.63, 3.8) is 0 Å². The predicted molar refractivity (Wildman–Crippen MR) is 217 cm³/mol. The van der Waals surface area contributed by atoms with Crippen LogP contribution in [0.25, 0.3) is 0 Å². The summed E-state index contributed by atoms with van der Waals surface area (Å²) in [5, 5.41) is 8.89. The minimum atomic E-state index is -4.60. The van der Waals surface area contributed by atoms with Gasteiger partial charge in [0.2, 0.25) is 0 Å². The van der Waals surface area contributed by atoms with Gasteiger partial charge >= 0.3 is 19.8 Å². The van der Waals surface area contributed by atoms with Gasteiger partial charge in [-0.25, -0.2) is 4.57 Å². The Morgan fingerprint density at radius 2 is 0.868 bits per heavy atom. The van der Waals surface area contributed by atoms with Gasteiger partial charge in [0.1, 0.15) is 12.1 Å². The van der Waals surface area contributed by atoms with E-state index in [-0.39, 0.29) is 13.0 Å². The van der Waals surface area contributed by atoms with E-state index in [4.69, 9.17) is 29.4 Å². The Kier molecular flexibility index (Phi) is 38.5. The van der Waals surface area contributed by atoms with Gasteiger partial charge in [-0.15, -0.1) is 0 Å². The van der Waals surface area contributed by atoms with Crippen LogP contribution in [-0.2, 0) is 32.7 Å². The van der Waals surface area contributed by atoms with Crippen LogP contribution in [0.2, 0.25) is 0 Å². The topological polar surface area (TPSA) is 155 Å². The summed E-state index contributed by atoms with van der Waals surface area (Å²) in [5.74, 6) is -1.77. The Labute approximate surface area is 325 Å². The van der Waals surface area contributed by atoms with Crippen molar-refractivity contribution in [3.05, 3.63) is 0 Å². The zero-order chi connectivity index (χ0) is 39.1. The molecule has 0 heterocycles. The molecular weight excluding hydrogens is 693 g/mol. The summed E-state index contributed by atoms with van der Waals surface area (Å²) in [7, 11) is -4.60. The van der Waals surface area contributed by atoms with E-state index in [1.54, 1.807) is 0 Å². The molecule has 0 radical (unpaired) electrons. The molecule has 0 fully saturated rings. The second-order valence-corrected chi connectivity index (χ2v) is 16.6. The molecule has 0 spiro atoms. The van der Waals surface area contributed by atoms with Crippen molar-refractivity contribution in [1.29, 1.82) is 0 Å². The molecule has 11 heteroatoms. The number of rotatable bonds is 43. The third-order valence-corrected chi connectivity index (χ3v) is 10.8. The molecule has 0 aliphatic carbocycles. The van der Waals surface area contributed by atoms with E-state index in [0.29, 0.717) is 6.61 Å². The van der Waals surface area contributed by atoms with E-state index in [0.717, 1.165) is 38.5 Å². The first-order chi connectivity index (χ1) is 25.7. The Morgan fingerprint density at radius 1 is 0.528 bits per heavy atom. The van der Waals surface area contributed by atoms with Crippen molar-refractivity contribution in [2.75, 3.05) is 26.4 Å². The highest BCUT2D eigenvalue weighted by Crippen LogP contribution is 2.43. The number of hydrogen-bond acceptors (Lipinski definition) is 8. The van der Waals surface area contributed by atoms with Crippen LogP contribution < -0.4 is 5.73 Å². The fourth-order valence-corrected chi connectivity index (χ4v) is 7.21. The maximum atomic E-state index is 12.6. The van der Waals surface area contributed by atoms with Gasteiger partial charge in [-0.1, -0.05) is 200 Å². The van der Waals surface area contributed by atoms with Gasteiger partial charge in [-0.2, -0.15) is 0 Å². The van der Waals surface area contributed by atoms with Crippen LogP contribution in [0, 0.1) is 0 Å². The van der Waals surface area contributed by atoms with Crippen LogP contribution in [0.3, 0.4) is 0 Å². The molecule has 0 rings (SSSR count). The fraction of sp³-hybridized carbons (Fsp3) is 0.952. The molecule has 0 aromatic rings. The number of carbonyl (C=O) groups excluding carboxylic acids is 1. The third kappa shape index (κ3) is 39.0. The molecule has 10 nitrogen and oxygen atoms in total. The van der Waals surface area contributed by atoms with Gasteiger partial charge in [0.25, 0.3) is 0 Å². The first-order valence-corrected chi connectivity index (χ1v) is 23.6. The number of carboxylic acids is 1. The van der Waals surface area contributed by atoms with Crippen molar-refractivity contribution in [3.8, 4) is 0 Å². The molecule has 0 saturated heterocycles. The summed E-state index contributed by atoms with van der Waals surface area (Å²) in [6.07, 6.45) is 38.7. The van der Waals surface area contributed by atoms with Crippen LogP contribution in [-0.4, -0.2) is 60.5 Å². The van der Waals surface area contributed by atoms with Crippen LogP contribution in [0.15, 0.2) is 0 Å². The van der Waals surface area contributed by atoms with Gasteiger partial charge in [0.15, 0.2) is 0 Å². The van der Waals surface area contributed by atoms with Gasteiger partial charge in [-0.05, 0) is 12.8 Å². The number of ether oxygens (including phenoxy) is 2. The minimum Gasteiger partial charge on any atom is -0.480 e.